The zero-order valence-corrected chi connectivity index (χ0v) is 8.23. The minimum Gasteiger partial charge on any atom is -0.0533 e. The van der Waals surface area contributed by atoms with E-state index in [-0.39, 0.29) is 0 Å². The molecule has 2 aliphatic carbocycles. The Balaban J connectivity index is 1.89. The van der Waals surface area contributed by atoms with Crippen LogP contribution in [0, 0.1) is 11.8 Å². The van der Waals surface area contributed by atoms with Crippen molar-refractivity contribution in [1.29, 1.82) is 0 Å². The van der Waals surface area contributed by atoms with Gasteiger partial charge >= 0.3 is 0 Å². The van der Waals surface area contributed by atoms with E-state index in [4.69, 9.17) is 0 Å². The highest BCUT2D eigenvalue weighted by molar-refractivity contribution is 4.76. The third kappa shape index (κ3) is 2.02. The van der Waals surface area contributed by atoms with Crippen LogP contribution >= 0.6 is 0 Å². The van der Waals surface area contributed by atoms with Crippen LogP contribution in [-0.4, -0.2) is 0 Å². The minimum atomic E-state index is 1.14. The van der Waals surface area contributed by atoms with Gasteiger partial charge in [0.2, 0.25) is 0 Å². The molecule has 2 unspecified atom stereocenters. The molecule has 0 aromatic rings. The van der Waals surface area contributed by atoms with Gasteiger partial charge < -0.3 is 0 Å². The predicted octanol–water partition coefficient (Wildman–Crippen LogP) is 4.15. The first-order chi connectivity index (χ1) is 5.97. The van der Waals surface area contributed by atoms with Crippen molar-refractivity contribution in [3.63, 3.8) is 0 Å². The van der Waals surface area contributed by atoms with Crippen molar-refractivity contribution in [2.24, 2.45) is 11.8 Å². The van der Waals surface area contributed by atoms with E-state index < -0.39 is 0 Å². The van der Waals surface area contributed by atoms with Gasteiger partial charge in [-0.25, -0.2) is 0 Å². The average molecular weight is 166 g/mol. The topological polar surface area (TPSA) is 0 Å². The molecule has 0 nitrogen and oxygen atoms in total. The maximum atomic E-state index is 1.56. The fourth-order valence-electron chi connectivity index (χ4n) is 3.21. The van der Waals surface area contributed by atoms with Crippen molar-refractivity contribution < 1.29 is 0 Å². The molecule has 2 atom stereocenters. The fraction of sp³-hybridized carbons (Fsp3) is 1.00. The van der Waals surface area contributed by atoms with Crippen LogP contribution in [0.2, 0.25) is 0 Å². The Morgan fingerprint density at radius 2 is 0.750 bits per heavy atom. The van der Waals surface area contributed by atoms with Crippen LogP contribution in [0.25, 0.3) is 0 Å². The van der Waals surface area contributed by atoms with Gasteiger partial charge in [0.05, 0.1) is 0 Å². The summed E-state index contributed by atoms with van der Waals surface area (Å²) in [6, 6.07) is 0. The highest BCUT2D eigenvalue weighted by atomic mass is 14.3. The summed E-state index contributed by atoms with van der Waals surface area (Å²) in [6.07, 6.45) is 15.4. The molecule has 0 heterocycles. The highest BCUT2D eigenvalue weighted by Crippen LogP contribution is 2.38. The summed E-state index contributed by atoms with van der Waals surface area (Å²) in [7, 11) is 0. The summed E-state index contributed by atoms with van der Waals surface area (Å²) in [5.74, 6) is 2.28. The van der Waals surface area contributed by atoms with E-state index in [1.165, 1.54) is 38.5 Å². The van der Waals surface area contributed by atoms with Crippen molar-refractivity contribution in [1.82, 2.24) is 0 Å². The normalized spacial score (nSPS) is 38.0. The van der Waals surface area contributed by atoms with Gasteiger partial charge in [0.1, 0.15) is 0 Å². The Hall–Kier alpha value is 0. The van der Waals surface area contributed by atoms with Crippen LogP contribution in [0.4, 0.5) is 0 Å². The SMILES string of the molecule is C1CCCC2CCCCC2CC1. The van der Waals surface area contributed by atoms with Crippen LogP contribution in [0.3, 0.4) is 0 Å². The lowest BCUT2D eigenvalue weighted by atomic mass is 9.73. The Labute approximate surface area is 76.7 Å². The lowest BCUT2D eigenvalue weighted by Crippen LogP contribution is -2.20. The van der Waals surface area contributed by atoms with Gasteiger partial charge in [-0.15, -0.1) is 0 Å². The predicted molar refractivity (Wildman–Crippen MR) is 53.2 cm³/mol. The summed E-state index contributed by atoms with van der Waals surface area (Å²) in [5.41, 5.74) is 0. The molecule has 0 saturated heterocycles. The second-order valence-corrected chi connectivity index (χ2v) is 4.80. The molecule has 2 rings (SSSR count). The first-order valence-corrected chi connectivity index (χ1v) is 5.97. The third-order valence-corrected chi connectivity index (χ3v) is 3.97. The Morgan fingerprint density at radius 3 is 1.17 bits per heavy atom. The molecule has 0 spiro atoms. The molecule has 0 aromatic heterocycles. The van der Waals surface area contributed by atoms with Gasteiger partial charge in [-0.1, -0.05) is 64.2 Å². The van der Waals surface area contributed by atoms with E-state index in [1.807, 2.05) is 0 Å². The van der Waals surface area contributed by atoms with Crippen LogP contribution in [0.5, 0.6) is 0 Å². The molecular formula is C12H22. The summed E-state index contributed by atoms with van der Waals surface area (Å²) in [4.78, 5) is 0. The molecule has 2 aliphatic rings. The average Bonchev–Trinajstić information content (AvgIpc) is 2.06. The first-order valence-electron chi connectivity index (χ1n) is 5.97. The minimum absolute atomic E-state index is 1.14. The number of rotatable bonds is 0. The lowest BCUT2D eigenvalue weighted by Gasteiger charge is -2.33. The monoisotopic (exact) mass is 166 g/mol. The van der Waals surface area contributed by atoms with E-state index in [0.29, 0.717) is 0 Å². The van der Waals surface area contributed by atoms with Crippen LogP contribution in [0.1, 0.15) is 64.2 Å². The third-order valence-electron chi connectivity index (χ3n) is 3.97. The van der Waals surface area contributed by atoms with Crippen molar-refractivity contribution >= 4 is 0 Å². The summed E-state index contributed by atoms with van der Waals surface area (Å²) in [6.45, 7) is 0. The molecule has 0 bridgehead atoms. The molecule has 0 amide bonds. The maximum Gasteiger partial charge on any atom is -0.0386 e. The van der Waals surface area contributed by atoms with Crippen LogP contribution in [-0.2, 0) is 0 Å². The van der Waals surface area contributed by atoms with E-state index in [2.05, 4.69) is 0 Å². The lowest BCUT2D eigenvalue weighted by molar-refractivity contribution is 0.191. The zero-order chi connectivity index (χ0) is 8.23. The van der Waals surface area contributed by atoms with E-state index in [0.717, 1.165) is 11.8 Å². The van der Waals surface area contributed by atoms with Crippen LogP contribution < -0.4 is 0 Å². The molecule has 2 fully saturated rings. The fourth-order valence-corrected chi connectivity index (χ4v) is 3.21. The zero-order valence-electron chi connectivity index (χ0n) is 8.23. The molecule has 0 radical (unpaired) electrons. The molecule has 2 saturated carbocycles. The first kappa shape index (κ1) is 8.59. The van der Waals surface area contributed by atoms with Gasteiger partial charge in [0, 0.05) is 0 Å². The molecule has 70 valence electrons. The number of hydrogen-bond donors (Lipinski definition) is 0. The molecule has 0 aromatic carbocycles. The Morgan fingerprint density at radius 1 is 0.417 bits per heavy atom. The molecule has 0 heteroatoms. The standard InChI is InChI=1S/C12H22/c1-2-4-8-12-10-6-5-9-11(12)7-3-1/h11-12H,1-10H2. The summed E-state index contributed by atoms with van der Waals surface area (Å²) in [5, 5.41) is 0. The van der Waals surface area contributed by atoms with Gasteiger partial charge in [-0.05, 0) is 11.8 Å². The maximum absolute atomic E-state index is 1.56. The highest BCUT2D eigenvalue weighted by Gasteiger charge is 2.24. The second-order valence-electron chi connectivity index (χ2n) is 4.80. The van der Waals surface area contributed by atoms with E-state index >= 15 is 0 Å². The number of hydrogen-bond acceptors (Lipinski definition) is 0. The van der Waals surface area contributed by atoms with Gasteiger partial charge in [-0.2, -0.15) is 0 Å². The van der Waals surface area contributed by atoms with Crippen LogP contribution in [0.15, 0.2) is 0 Å². The van der Waals surface area contributed by atoms with Gasteiger partial charge in [-0.3, -0.25) is 0 Å². The van der Waals surface area contributed by atoms with E-state index in [1.54, 1.807) is 25.7 Å². The summed E-state index contributed by atoms with van der Waals surface area (Å²) >= 11 is 0. The Bertz CT molecular complexity index is 112. The van der Waals surface area contributed by atoms with Gasteiger partial charge in [0.25, 0.3) is 0 Å². The second kappa shape index (κ2) is 4.30. The molecular weight excluding hydrogens is 144 g/mol. The number of fused-ring (bicyclic) bond motifs is 1. The largest absolute Gasteiger partial charge is 0.0533 e. The Kier molecular flexibility index (Phi) is 3.08. The smallest absolute Gasteiger partial charge is 0.0386 e. The quantitative estimate of drug-likeness (QED) is 0.507. The molecule has 12 heavy (non-hydrogen) atoms. The van der Waals surface area contributed by atoms with E-state index in [9.17, 15) is 0 Å². The van der Waals surface area contributed by atoms with Crippen molar-refractivity contribution in [2.45, 2.75) is 64.2 Å². The molecule has 0 N–H and O–H groups in total. The molecule has 0 aliphatic heterocycles. The van der Waals surface area contributed by atoms with Crippen molar-refractivity contribution in [3.05, 3.63) is 0 Å². The van der Waals surface area contributed by atoms with Gasteiger partial charge in [0.15, 0.2) is 0 Å². The summed E-state index contributed by atoms with van der Waals surface area (Å²) < 4.78 is 0. The van der Waals surface area contributed by atoms with Crippen molar-refractivity contribution in [3.8, 4) is 0 Å². The van der Waals surface area contributed by atoms with Crippen molar-refractivity contribution in [2.75, 3.05) is 0 Å².